The predicted octanol–water partition coefficient (Wildman–Crippen LogP) is 8.55. The molecule has 0 spiro atoms. The number of amides is 2. The standard InChI is InChI=1S/C23H15BrCl5FN2O2/c24-17-7-12(8-19(26)21(17)27)10-23(28,29)11-20(33)31-15-5-6-18(25)16(9-15)22(34)32-14-3-1-13(30)2-4-14/h1-9H,10-11H2,(H,31,33)(H,32,34). The van der Waals surface area contributed by atoms with Gasteiger partial charge in [-0.25, -0.2) is 4.39 Å². The quantitative estimate of drug-likeness (QED) is 0.204. The summed E-state index contributed by atoms with van der Waals surface area (Å²) < 4.78 is 12.2. The van der Waals surface area contributed by atoms with E-state index in [1.54, 1.807) is 12.1 Å². The molecule has 0 fully saturated rings. The van der Waals surface area contributed by atoms with Crippen LogP contribution in [0.15, 0.2) is 59.1 Å². The summed E-state index contributed by atoms with van der Waals surface area (Å²) in [6, 6.07) is 13.0. The number of alkyl halides is 2. The summed E-state index contributed by atoms with van der Waals surface area (Å²) >= 11 is 34.3. The van der Waals surface area contributed by atoms with E-state index in [0.717, 1.165) is 0 Å². The van der Waals surface area contributed by atoms with Gasteiger partial charge in [-0.15, -0.1) is 23.2 Å². The lowest BCUT2D eigenvalue weighted by Gasteiger charge is -2.20. The first-order valence-corrected chi connectivity index (χ1v) is 12.3. The molecule has 34 heavy (non-hydrogen) atoms. The van der Waals surface area contributed by atoms with Gasteiger partial charge in [0.15, 0.2) is 0 Å². The van der Waals surface area contributed by atoms with Crippen molar-refractivity contribution in [1.29, 1.82) is 0 Å². The van der Waals surface area contributed by atoms with Gasteiger partial charge in [-0.2, -0.15) is 0 Å². The zero-order valence-corrected chi connectivity index (χ0v) is 22.4. The number of carbonyl (C=O) groups is 2. The monoisotopic (exact) mass is 624 g/mol. The minimum absolute atomic E-state index is 0.118. The van der Waals surface area contributed by atoms with Crippen LogP contribution in [0.5, 0.6) is 0 Å². The molecule has 2 N–H and O–H groups in total. The van der Waals surface area contributed by atoms with Gasteiger partial charge in [0.25, 0.3) is 5.91 Å². The van der Waals surface area contributed by atoms with E-state index < -0.39 is 22.0 Å². The highest BCUT2D eigenvalue weighted by atomic mass is 79.9. The van der Waals surface area contributed by atoms with Gasteiger partial charge in [0.1, 0.15) is 10.2 Å². The molecule has 3 rings (SSSR count). The molecule has 0 atom stereocenters. The number of carbonyl (C=O) groups excluding carboxylic acids is 2. The summed E-state index contributed by atoms with van der Waals surface area (Å²) in [7, 11) is 0. The second-order valence-corrected chi connectivity index (χ2v) is 11.0. The normalized spacial score (nSPS) is 11.3. The molecule has 0 saturated carbocycles. The molecule has 0 aliphatic carbocycles. The molecule has 3 aromatic carbocycles. The van der Waals surface area contributed by atoms with Crippen LogP contribution in [0, 0.1) is 5.82 Å². The number of nitrogens with one attached hydrogen (secondary N) is 2. The lowest BCUT2D eigenvalue weighted by atomic mass is 10.1. The van der Waals surface area contributed by atoms with Crippen LogP contribution in [0.2, 0.25) is 15.1 Å². The van der Waals surface area contributed by atoms with Crippen LogP contribution in [0.1, 0.15) is 22.3 Å². The number of benzene rings is 3. The van der Waals surface area contributed by atoms with E-state index in [0.29, 0.717) is 31.5 Å². The van der Waals surface area contributed by atoms with Crippen LogP contribution >= 0.6 is 73.9 Å². The van der Waals surface area contributed by atoms with Gasteiger partial charge in [0, 0.05) is 22.3 Å². The Kier molecular flexibility index (Phi) is 9.12. The van der Waals surface area contributed by atoms with Crippen molar-refractivity contribution in [3.8, 4) is 0 Å². The number of hydrogen-bond acceptors (Lipinski definition) is 2. The molecule has 0 aromatic heterocycles. The Labute approximate surface area is 228 Å². The van der Waals surface area contributed by atoms with E-state index in [1.807, 2.05) is 0 Å². The zero-order valence-electron chi connectivity index (χ0n) is 17.1. The molecule has 0 radical (unpaired) electrons. The molecule has 0 unspecified atom stereocenters. The third-order valence-electron chi connectivity index (χ3n) is 4.52. The Bertz CT molecular complexity index is 1220. The van der Waals surface area contributed by atoms with Crippen molar-refractivity contribution in [2.75, 3.05) is 10.6 Å². The summed E-state index contributed by atoms with van der Waals surface area (Å²) in [6.07, 6.45) is -0.112. The van der Waals surface area contributed by atoms with Crippen LogP contribution in [-0.4, -0.2) is 16.1 Å². The van der Waals surface area contributed by atoms with Gasteiger partial charge in [-0.05, 0) is 76.1 Å². The van der Waals surface area contributed by atoms with Crippen LogP contribution in [0.25, 0.3) is 0 Å². The van der Waals surface area contributed by atoms with Gasteiger partial charge in [0.05, 0.1) is 27.1 Å². The first-order valence-electron chi connectivity index (χ1n) is 9.61. The topological polar surface area (TPSA) is 58.2 Å². The van der Waals surface area contributed by atoms with E-state index in [9.17, 15) is 14.0 Å². The van der Waals surface area contributed by atoms with E-state index in [4.69, 9.17) is 58.0 Å². The van der Waals surface area contributed by atoms with Crippen LogP contribution < -0.4 is 10.6 Å². The molecule has 0 bridgehead atoms. The van der Waals surface area contributed by atoms with Crippen molar-refractivity contribution in [3.63, 3.8) is 0 Å². The van der Waals surface area contributed by atoms with Crippen molar-refractivity contribution >= 4 is 97.1 Å². The molecule has 0 aliphatic rings. The van der Waals surface area contributed by atoms with Gasteiger partial charge in [-0.1, -0.05) is 34.8 Å². The molecule has 3 aromatic rings. The van der Waals surface area contributed by atoms with Crippen molar-refractivity contribution < 1.29 is 14.0 Å². The number of rotatable bonds is 7. The Morgan fingerprint density at radius 3 is 2.18 bits per heavy atom. The highest BCUT2D eigenvalue weighted by molar-refractivity contribution is 9.10. The van der Waals surface area contributed by atoms with E-state index >= 15 is 0 Å². The van der Waals surface area contributed by atoms with Crippen molar-refractivity contribution in [2.45, 2.75) is 17.2 Å². The van der Waals surface area contributed by atoms with Crippen LogP contribution in [-0.2, 0) is 11.2 Å². The minimum atomic E-state index is -1.43. The molecule has 11 heteroatoms. The van der Waals surface area contributed by atoms with Crippen molar-refractivity contribution in [2.24, 2.45) is 0 Å². The summed E-state index contributed by atoms with van der Waals surface area (Å²) in [5.74, 6) is -1.43. The molecule has 0 aliphatic heterocycles. The first-order chi connectivity index (χ1) is 15.9. The SMILES string of the molecule is O=C(CC(Cl)(Cl)Cc1cc(Cl)c(Cl)c(Br)c1)Nc1ccc(Cl)c(C(=O)Nc2ccc(F)cc2)c1. The molecular formula is C23H15BrCl5FN2O2. The lowest BCUT2D eigenvalue weighted by Crippen LogP contribution is -2.25. The summed E-state index contributed by atoms with van der Waals surface area (Å²) in [4.78, 5) is 25.2. The average molecular weight is 628 g/mol. The minimum Gasteiger partial charge on any atom is -0.326 e. The van der Waals surface area contributed by atoms with Gasteiger partial charge in [0.2, 0.25) is 5.91 Å². The summed E-state index contributed by atoms with van der Waals surface area (Å²) in [6.45, 7) is 0. The largest absolute Gasteiger partial charge is 0.326 e. The second kappa shape index (κ2) is 11.5. The third kappa shape index (κ3) is 7.48. The van der Waals surface area contributed by atoms with Crippen LogP contribution in [0.3, 0.4) is 0 Å². The van der Waals surface area contributed by atoms with Crippen molar-refractivity contribution in [3.05, 3.63) is 91.1 Å². The average Bonchev–Trinajstić information content (AvgIpc) is 2.74. The molecule has 2 amide bonds. The fourth-order valence-electron chi connectivity index (χ4n) is 3.02. The number of anilines is 2. The number of hydrogen-bond donors (Lipinski definition) is 2. The second-order valence-electron chi connectivity index (χ2n) is 7.29. The smallest absolute Gasteiger partial charge is 0.257 e. The highest BCUT2D eigenvalue weighted by Crippen LogP contribution is 2.36. The van der Waals surface area contributed by atoms with E-state index in [2.05, 4.69) is 26.6 Å². The Balaban J connectivity index is 1.67. The Hall–Kier alpha value is -1.54. The first kappa shape index (κ1) is 27.1. The maximum absolute atomic E-state index is 13.1. The molecule has 178 valence electrons. The van der Waals surface area contributed by atoms with Crippen molar-refractivity contribution in [1.82, 2.24) is 0 Å². The summed E-state index contributed by atoms with van der Waals surface area (Å²) in [5, 5.41) is 6.13. The molecule has 0 heterocycles. The maximum Gasteiger partial charge on any atom is 0.257 e. The lowest BCUT2D eigenvalue weighted by molar-refractivity contribution is -0.116. The number of halogens is 7. The third-order valence-corrected chi connectivity index (χ3v) is 7.04. The van der Waals surface area contributed by atoms with Gasteiger partial charge >= 0.3 is 0 Å². The van der Waals surface area contributed by atoms with Gasteiger partial charge < -0.3 is 10.6 Å². The molecule has 4 nitrogen and oxygen atoms in total. The van der Waals surface area contributed by atoms with E-state index in [-0.39, 0.29) is 23.4 Å². The molecule has 0 saturated heterocycles. The molecular weight excluding hydrogens is 612 g/mol. The fourth-order valence-corrected chi connectivity index (χ4v) is 4.75. The highest BCUT2D eigenvalue weighted by Gasteiger charge is 2.29. The zero-order chi connectivity index (χ0) is 25.0. The van der Waals surface area contributed by atoms with Crippen LogP contribution in [0.4, 0.5) is 15.8 Å². The maximum atomic E-state index is 13.1. The van der Waals surface area contributed by atoms with E-state index in [1.165, 1.54) is 42.5 Å². The Morgan fingerprint density at radius 2 is 1.53 bits per heavy atom. The fraction of sp³-hybridized carbons (Fsp3) is 0.130. The predicted molar refractivity (Wildman–Crippen MR) is 141 cm³/mol. The van der Waals surface area contributed by atoms with Gasteiger partial charge in [-0.3, -0.25) is 9.59 Å². The Morgan fingerprint density at radius 1 is 0.882 bits per heavy atom. The summed E-state index contributed by atoms with van der Waals surface area (Å²) in [5.41, 5.74) is 1.51.